The van der Waals surface area contributed by atoms with Crippen molar-refractivity contribution in [3.05, 3.63) is 71.4 Å². The normalized spacial score (nSPS) is 12.8. The van der Waals surface area contributed by atoms with Gasteiger partial charge in [-0.3, -0.25) is 9.36 Å². The molecule has 0 unspecified atom stereocenters. The smallest absolute Gasteiger partial charge is 0.419 e. The fourth-order valence-corrected chi connectivity index (χ4v) is 3.67. The highest BCUT2D eigenvalue weighted by molar-refractivity contribution is 5.93. The predicted molar refractivity (Wildman–Crippen MR) is 126 cm³/mol. The zero-order chi connectivity index (χ0) is 26.7. The van der Waals surface area contributed by atoms with Crippen LogP contribution in [0.1, 0.15) is 37.5 Å². The number of fused-ring (bicyclic) bond motifs is 1. The number of carbonyl (C=O) groups is 3. The van der Waals surface area contributed by atoms with Gasteiger partial charge >= 0.3 is 18.2 Å². The first kappa shape index (κ1) is 26.8. The molecule has 0 aliphatic heterocycles. The average Bonchev–Trinajstić information content (AvgIpc) is 3.15. The minimum Gasteiger partial charge on any atom is -0.467 e. The molecule has 0 spiro atoms. The van der Waals surface area contributed by atoms with Crippen LogP contribution in [0, 0.1) is 0 Å². The molecule has 0 radical (unpaired) electrons. The molecule has 1 N–H and O–H groups in total. The van der Waals surface area contributed by atoms with Crippen molar-refractivity contribution in [1.82, 2.24) is 9.88 Å². The number of alkyl halides is 3. The summed E-state index contributed by atoms with van der Waals surface area (Å²) in [4.78, 5) is 37.8. The third kappa shape index (κ3) is 6.65. The maximum atomic E-state index is 12.8. The van der Waals surface area contributed by atoms with Crippen molar-refractivity contribution in [3.63, 3.8) is 0 Å². The Balaban J connectivity index is 1.81. The Morgan fingerprint density at radius 3 is 2.22 bits per heavy atom. The van der Waals surface area contributed by atoms with E-state index in [1.165, 1.54) is 23.8 Å². The highest BCUT2D eigenvalue weighted by Crippen LogP contribution is 2.29. The fraction of sp³-hybridized carbons (Fsp3) is 0.346. The summed E-state index contributed by atoms with van der Waals surface area (Å²) in [7, 11) is 1.18. The number of halogens is 3. The topological polar surface area (TPSA) is 86.6 Å². The Kier molecular flexibility index (Phi) is 7.76. The van der Waals surface area contributed by atoms with E-state index in [0.29, 0.717) is 22.0 Å². The van der Waals surface area contributed by atoms with Crippen LogP contribution >= 0.6 is 0 Å². The molecule has 0 saturated heterocycles. The highest BCUT2D eigenvalue weighted by Gasteiger charge is 2.30. The molecule has 10 heteroatoms. The van der Waals surface area contributed by atoms with Crippen LogP contribution in [-0.2, 0) is 38.1 Å². The van der Waals surface area contributed by atoms with Gasteiger partial charge in [-0.2, -0.15) is 13.2 Å². The molecule has 0 bridgehead atoms. The van der Waals surface area contributed by atoms with Crippen LogP contribution in [0.15, 0.2) is 54.7 Å². The number of benzene rings is 2. The summed E-state index contributed by atoms with van der Waals surface area (Å²) in [5, 5.41) is 3.28. The van der Waals surface area contributed by atoms with Crippen LogP contribution in [0.4, 0.5) is 18.0 Å². The van der Waals surface area contributed by atoms with E-state index in [0.717, 1.165) is 12.1 Å². The third-order valence-electron chi connectivity index (χ3n) is 5.28. The van der Waals surface area contributed by atoms with Crippen LogP contribution < -0.4 is 5.32 Å². The lowest BCUT2D eigenvalue weighted by atomic mass is 10.0. The maximum Gasteiger partial charge on any atom is 0.419 e. The molecule has 1 heterocycles. The summed E-state index contributed by atoms with van der Waals surface area (Å²) >= 11 is 0. The third-order valence-corrected chi connectivity index (χ3v) is 5.28. The fourth-order valence-electron chi connectivity index (χ4n) is 3.67. The van der Waals surface area contributed by atoms with Crippen molar-refractivity contribution in [1.29, 1.82) is 0 Å². The number of hydrogen-bond donors (Lipinski definition) is 1. The van der Waals surface area contributed by atoms with E-state index in [4.69, 9.17) is 9.47 Å². The molecule has 1 amide bonds. The number of ether oxygens (including phenoxy) is 2. The second-order valence-corrected chi connectivity index (χ2v) is 9.24. The molecular weight excluding hydrogens is 477 g/mol. The molecule has 0 fully saturated rings. The van der Waals surface area contributed by atoms with Gasteiger partial charge in [0.2, 0.25) is 5.91 Å². The van der Waals surface area contributed by atoms with Crippen molar-refractivity contribution < 1.29 is 37.0 Å². The summed E-state index contributed by atoms with van der Waals surface area (Å²) < 4.78 is 50.0. The molecular formula is C26H27F3N2O5. The van der Waals surface area contributed by atoms with Crippen molar-refractivity contribution in [2.24, 2.45) is 0 Å². The zero-order valence-corrected chi connectivity index (χ0v) is 20.3. The minimum absolute atomic E-state index is 0.0156. The van der Waals surface area contributed by atoms with Gasteiger partial charge in [-0.1, -0.05) is 30.3 Å². The van der Waals surface area contributed by atoms with E-state index >= 15 is 0 Å². The zero-order valence-electron chi connectivity index (χ0n) is 20.3. The Morgan fingerprint density at radius 2 is 1.64 bits per heavy atom. The molecule has 1 atom stereocenters. The van der Waals surface area contributed by atoms with Gasteiger partial charge in [-0.15, -0.1) is 0 Å². The summed E-state index contributed by atoms with van der Waals surface area (Å²) in [6.07, 6.45) is -3.73. The summed E-state index contributed by atoms with van der Waals surface area (Å²) in [5.41, 5.74) is -0.0158. The lowest BCUT2D eigenvalue weighted by molar-refractivity contribution is -0.145. The average molecular weight is 505 g/mol. The molecule has 192 valence electrons. The Labute approximate surface area is 206 Å². The molecule has 0 aliphatic rings. The van der Waals surface area contributed by atoms with Gasteiger partial charge in [0.1, 0.15) is 11.6 Å². The molecule has 0 saturated carbocycles. The largest absolute Gasteiger partial charge is 0.467 e. The van der Waals surface area contributed by atoms with Crippen molar-refractivity contribution in [3.8, 4) is 0 Å². The number of nitrogens with zero attached hydrogens (tertiary/aromatic N) is 1. The highest BCUT2D eigenvalue weighted by atomic mass is 19.4. The number of hydrogen-bond acceptors (Lipinski definition) is 5. The van der Waals surface area contributed by atoms with Gasteiger partial charge < -0.3 is 14.8 Å². The van der Waals surface area contributed by atoms with E-state index in [1.807, 2.05) is 0 Å². The number of carbonyl (C=O) groups excluding carboxylic acids is 3. The summed E-state index contributed by atoms with van der Waals surface area (Å²) in [6, 6.07) is 10.2. The van der Waals surface area contributed by atoms with Crippen LogP contribution in [0.3, 0.4) is 0 Å². The van der Waals surface area contributed by atoms with Gasteiger partial charge in [0.25, 0.3) is 0 Å². The van der Waals surface area contributed by atoms with Gasteiger partial charge in [0.05, 0.1) is 24.6 Å². The Bertz CT molecular complexity index is 1260. The van der Waals surface area contributed by atoms with Crippen LogP contribution in [0.25, 0.3) is 10.9 Å². The molecule has 0 aliphatic carbocycles. The first-order valence-corrected chi connectivity index (χ1v) is 11.1. The number of esters is 1. The number of amides is 1. The van der Waals surface area contributed by atoms with Crippen molar-refractivity contribution in [2.45, 2.75) is 51.4 Å². The lowest BCUT2D eigenvalue weighted by Crippen LogP contribution is -2.43. The van der Waals surface area contributed by atoms with Crippen LogP contribution in [0.5, 0.6) is 0 Å². The molecule has 2 aromatic carbocycles. The molecule has 36 heavy (non-hydrogen) atoms. The Morgan fingerprint density at radius 1 is 1.00 bits per heavy atom. The van der Waals surface area contributed by atoms with Gasteiger partial charge in [-0.05, 0) is 50.1 Å². The second-order valence-electron chi connectivity index (χ2n) is 9.24. The van der Waals surface area contributed by atoms with Crippen LogP contribution in [-0.4, -0.2) is 41.3 Å². The summed E-state index contributed by atoms with van der Waals surface area (Å²) in [5.74, 6) is -1.27. The van der Waals surface area contributed by atoms with Crippen molar-refractivity contribution in [2.75, 3.05) is 7.11 Å². The number of rotatable bonds is 6. The number of nitrogens with one attached hydrogen (secondary N) is 1. The van der Waals surface area contributed by atoms with E-state index in [9.17, 15) is 27.6 Å². The number of methoxy groups -OCH3 is 1. The van der Waals surface area contributed by atoms with E-state index < -0.39 is 41.4 Å². The summed E-state index contributed by atoms with van der Waals surface area (Å²) in [6.45, 7) is 5.24. The first-order valence-electron chi connectivity index (χ1n) is 11.1. The monoisotopic (exact) mass is 504 g/mol. The Hall–Kier alpha value is -3.82. The van der Waals surface area contributed by atoms with E-state index in [1.54, 1.807) is 51.2 Å². The standard InChI is InChI=1S/C26H27F3N2O5/c1-25(2,3)36-24(34)31-15-17(19-7-5-6-8-21(19)31)14-20(23(33)35-4)30-22(32)13-16-9-11-18(12-10-16)26(27,28)29/h5-12,15,20H,13-14H2,1-4H3,(H,30,32)/t20-/m0/s1. The van der Waals surface area contributed by atoms with Gasteiger partial charge in [0.15, 0.2) is 0 Å². The predicted octanol–water partition coefficient (Wildman–Crippen LogP) is 4.89. The minimum atomic E-state index is -4.48. The van der Waals surface area contributed by atoms with Gasteiger partial charge in [-0.25, -0.2) is 9.59 Å². The molecule has 7 nitrogen and oxygen atoms in total. The molecule has 3 aromatic rings. The SMILES string of the molecule is COC(=O)[C@H](Cc1cn(C(=O)OC(C)(C)C)c2ccccc12)NC(=O)Cc1ccc(C(F)(F)F)cc1. The van der Waals surface area contributed by atoms with E-state index in [2.05, 4.69) is 5.32 Å². The van der Waals surface area contributed by atoms with E-state index in [-0.39, 0.29) is 12.8 Å². The van der Waals surface area contributed by atoms with Gasteiger partial charge in [0, 0.05) is 18.0 Å². The number of para-hydroxylation sites is 1. The van der Waals surface area contributed by atoms with Crippen molar-refractivity contribution >= 4 is 28.9 Å². The second kappa shape index (κ2) is 10.4. The van der Waals surface area contributed by atoms with Crippen LogP contribution in [0.2, 0.25) is 0 Å². The molecule has 1 aromatic heterocycles. The number of aromatic nitrogens is 1. The first-order chi connectivity index (χ1) is 16.8. The molecule has 3 rings (SSSR count). The quantitative estimate of drug-likeness (QED) is 0.484. The maximum absolute atomic E-state index is 12.8. The lowest BCUT2D eigenvalue weighted by Gasteiger charge is -2.19.